The molecule has 0 radical (unpaired) electrons. The summed E-state index contributed by atoms with van der Waals surface area (Å²) in [6.07, 6.45) is -0.353. The van der Waals surface area contributed by atoms with Gasteiger partial charge >= 0.3 is 12.1 Å². The number of carbonyl (C=O) groups is 2. The molecule has 0 saturated carbocycles. The number of rotatable bonds is 4. The first-order chi connectivity index (χ1) is 9.90. The van der Waals surface area contributed by atoms with Crippen LogP contribution in [-0.4, -0.2) is 22.8 Å². The van der Waals surface area contributed by atoms with Crippen molar-refractivity contribution in [1.29, 1.82) is 0 Å². The number of carboxylic acid groups (broad SMARTS) is 1. The Kier molecular flexibility index (Phi) is 5.46. The quantitative estimate of drug-likeness (QED) is 0.862. The van der Waals surface area contributed by atoms with Gasteiger partial charge in [-0.05, 0) is 58.7 Å². The van der Waals surface area contributed by atoms with Gasteiger partial charge in [-0.2, -0.15) is 0 Å². The molecular formula is C16H22ClNO4. The maximum absolute atomic E-state index is 11.9. The van der Waals surface area contributed by atoms with Crippen LogP contribution in [0.25, 0.3) is 0 Å². The first-order valence-corrected chi connectivity index (χ1v) is 7.30. The summed E-state index contributed by atoms with van der Waals surface area (Å²) in [4.78, 5) is 23.2. The van der Waals surface area contributed by atoms with Gasteiger partial charge in [0.05, 0.1) is 5.41 Å². The van der Waals surface area contributed by atoms with Gasteiger partial charge in [0.2, 0.25) is 0 Å². The molecule has 0 aliphatic rings. The van der Waals surface area contributed by atoms with Crippen molar-refractivity contribution in [3.63, 3.8) is 0 Å². The van der Waals surface area contributed by atoms with Crippen molar-refractivity contribution in [2.24, 2.45) is 5.41 Å². The standard InChI is InChI=1S/C16H22ClNO4/c1-15(2,3)22-14(21)18-12-8-11(17)7-6-10(12)9-16(4,5)13(19)20/h6-8H,9H2,1-5H3,(H,18,21)(H,19,20). The summed E-state index contributed by atoms with van der Waals surface area (Å²) in [5.74, 6) is -0.911. The molecular weight excluding hydrogens is 306 g/mol. The predicted octanol–water partition coefficient (Wildman–Crippen LogP) is 4.34. The van der Waals surface area contributed by atoms with Crippen LogP contribution in [0.1, 0.15) is 40.2 Å². The Hall–Kier alpha value is -1.75. The second kappa shape index (κ2) is 6.57. The largest absolute Gasteiger partial charge is 0.481 e. The van der Waals surface area contributed by atoms with Gasteiger partial charge in [0.25, 0.3) is 0 Å². The van der Waals surface area contributed by atoms with Crippen molar-refractivity contribution in [3.8, 4) is 0 Å². The molecule has 0 unspecified atom stereocenters. The second-order valence-electron chi connectivity index (χ2n) is 6.79. The van der Waals surface area contributed by atoms with E-state index < -0.39 is 23.1 Å². The van der Waals surface area contributed by atoms with E-state index in [4.69, 9.17) is 16.3 Å². The Balaban J connectivity index is 3.01. The molecule has 1 aromatic rings. The van der Waals surface area contributed by atoms with Gasteiger partial charge in [-0.3, -0.25) is 10.1 Å². The summed E-state index contributed by atoms with van der Waals surface area (Å²) < 4.78 is 5.20. The van der Waals surface area contributed by atoms with Crippen LogP contribution in [0.5, 0.6) is 0 Å². The van der Waals surface area contributed by atoms with Crippen molar-refractivity contribution in [2.75, 3.05) is 5.32 Å². The highest BCUT2D eigenvalue weighted by molar-refractivity contribution is 6.31. The zero-order valence-corrected chi connectivity index (χ0v) is 14.2. The van der Waals surface area contributed by atoms with E-state index in [1.165, 1.54) is 0 Å². The Bertz CT molecular complexity index is 576. The van der Waals surface area contributed by atoms with Crippen molar-refractivity contribution in [2.45, 2.75) is 46.6 Å². The molecule has 1 aromatic carbocycles. The number of carboxylic acids is 1. The van der Waals surface area contributed by atoms with Crippen molar-refractivity contribution >= 4 is 29.4 Å². The topological polar surface area (TPSA) is 75.6 Å². The highest BCUT2D eigenvalue weighted by Crippen LogP contribution is 2.29. The number of benzene rings is 1. The third-order valence-electron chi connectivity index (χ3n) is 2.92. The molecule has 0 fully saturated rings. The molecule has 2 N–H and O–H groups in total. The second-order valence-corrected chi connectivity index (χ2v) is 7.23. The lowest BCUT2D eigenvalue weighted by Gasteiger charge is -2.23. The average Bonchev–Trinajstić information content (AvgIpc) is 2.29. The van der Waals surface area contributed by atoms with Gasteiger partial charge in [0.15, 0.2) is 0 Å². The van der Waals surface area contributed by atoms with Crippen LogP contribution in [-0.2, 0) is 16.0 Å². The third-order valence-corrected chi connectivity index (χ3v) is 3.15. The monoisotopic (exact) mass is 327 g/mol. The Morgan fingerprint density at radius 3 is 2.32 bits per heavy atom. The number of halogens is 1. The van der Waals surface area contributed by atoms with Crippen molar-refractivity contribution in [3.05, 3.63) is 28.8 Å². The van der Waals surface area contributed by atoms with Crippen LogP contribution in [0.4, 0.5) is 10.5 Å². The summed E-state index contributed by atoms with van der Waals surface area (Å²) in [5.41, 5.74) is -0.444. The normalized spacial score (nSPS) is 11.9. The van der Waals surface area contributed by atoms with E-state index in [1.54, 1.807) is 52.8 Å². The number of amides is 1. The summed E-state index contributed by atoms with van der Waals surface area (Å²) >= 11 is 5.96. The van der Waals surface area contributed by atoms with E-state index in [1.807, 2.05) is 0 Å². The highest BCUT2D eigenvalue weighted by Gasteiger charge is 2.29. The molecule has 0 aliphatic carbocycles. The van der Waals surface area contributed by atoms with Crippen LogP contribution >= 0.6 is 11.6 Å². The SMILES string of the molecule is CC(C)(C)OC(=O)Nc1cc(Cl)ccc1CC(C)(C)C(=O)O. The summed E-state index contributed by atoms with van der Waals surface area (Å²) in [6.45, 7) is 8.54. The van der Waals surface area contributed by atoms with E-state index in [2.05, 4.69) is 5.32 Å². The summed E-state index contributed by atoms with van der Waals surface area (Å²) in [7, 11) is 0. The molecule has 0 bridgehead atoms. The molecule has 0 saturated heterocycles. The van der Waals surface area contributed by atoms with Gasteiger partial charge < -0.3 is 9.84 Å². The molecule has 0 aliphatic heterocycles. The molecule has 6 heteroatoms. The number of hydrogen-bond acceptors (Lipinski definition) is 3. The fourth-order valence-corrected chi connectivity index (χ4v) is 1.96. The molecule has 0 atom stereocenters. The molecule has 22 heavy (non-hydrogen) atoms. The Morgan fingerprint density at radius 1 is 1.23 bits per heavy atom. The molecule has 0 aromatic heterocycles. The minimum atomic E-state index is -0.960. The number of carbonyl (C=O) groups excluding carboxylic acids is 1. The lowest BCUT2D eigenvalue weighted by atomic mass is 9.85. The number of aliphatic carboxylic acids is 1. The first kappa shape index (κ1) is 18.3. The predicted molar refractivity (Wildman–Crippen MR) is 86.4 cm³/mol. The number of anilines is 1. The first-order valence-electron chi connectivity index (χ1n) is 6.92. The molecule has 1 rings (SSSR count). The summed E-state index contributed by atoms with van der Waals surface area (Å²) in [5, 5.41) is 12.3. The Morgan fingerprint density at radius 2 is 1.82 bits per heavy atom. The van der Waals surface area contributed by atoms with E-state index in [9.17, 15) is 14.7 Å². The van der Waals surface area contributed by atoms with Crippen LogP contribution in [0, 0.1) is 5.41 Å². The third kappa shape index (κ3) is 5.56. The Labute approximate surface area is 135 Å². The maximum atomic E-state index is 11.9. The van der Waals surface area contributed by atoms with Crippen LogP contribution in [0.3, 0.4) is 0 Å². The van der Waals surface area contributed by atoms with Gasteiger partial charge in [-0.15, -0.1) is 0 Å². The molecule has 122 valence electrons. The number of ether oxygens (including phenoxy) is 1. The fraction of sp³-hybridized carbons (Fsp3) is 0.500. The lowest BCUT2D eigenvalue weighted by molar-refractivity contribution is -0.146. The van der Waals surface area contributed by atoms with Crippen LogP contribution in [0.2, 0.25) is 5.02 Å². The lowest BCUT2D eigenvalue weighted by Crippen LogP contribution is -2.29. The highest BCUT2D eigenvalue weighted by atomic mass is 35.5. The molecule has 0 spiro atoms. The van der Waals surface area contributed by atoms with Crippen molar-refractivity contribution < 1.29 is 19.4 Å². The minimum absolute atomic E-state index is 0.255. The van der Waals surface area contributed by atoms with E-state index in [-0.39, 0.29) is 6.42 Å². The smallest absolute Gasteiger partial charge is 0.412 e. The van der Waals surface area contributed by atoms with Gasteiger partial charge in [-0.25, -0.2) is 4.79 Å². The molecule has 5 nitrogen and oxygen atoms in total. The minimum Gasteiger partial charge on any atom is -0.481 e. The molecule has 0 heterocycles. The van der Waals surface area contributed by atoms with Crippen molar-refractivity contribution in [1.82, 2.24) is 0 Å². The van der Waals surface area contributed by atoms with E-state index >= 15 is 0 Å². The zero-order chi connectivity index (χ0) is 17.1. The zero-order valence-electron chi connectivity index (χ0n) is 13.5. The van der Waals surface area contributed by atoms with Crippen LogP contribution < -0.4 is 5.32 Å². The maximum Gasteiger partial charge on any atom is 0.412 e. The number of nitrogens with one attached hydrogen (secondary N) is 1. The fourth-order valence-electron chi connectivity index (χ4n) is 1.78. The number of hydrogen-bond donors (Lipinski definition) is 2. The molecule has 1 amide bonds. The average molecular weight is 328 g/mol. The van der Waals surface area contributed by atoms with Gasteiger partial charge in [0, 0.05) is 10.7 Å². The van der Waals surface area contributed by atoms with Gasteiger partial charge in [-0.1, -0.05) is 17.7 Å². The van der Waals surface area contributed by atoms with Gasteiger partial charge in [0.1, 0.15) is 5.60 Å². The van der Waals surface area contributed by atoms with Crippen LogP contribution in [0.15, 0.2) is 18.2 Å². The van der Waals surface area contributed by atoms with E-state index in [0.717, 1.165) is 0 Å². The van der Waals surface area contributed by atoms with E-state index in [0.29, 0.717) is 16.3 Å². The summed E-state index contributed by atoms with van der Waals surface area (Å²) in [6, 6.07) is 4.95.